The minimum absolute atomic E-state index is 0.000395. The number of nitrogens with two attached hydrogens (primary N) is 1. The fraction of sp³-hybridized carbons (Fsp3) is 0.417. The third-order valence-corrected chi connectivity index (χ3v) is 3.58. The first-order valence-electron chi connectivity index (χ1n) is 6.11. The molecule has 20 heavy (non-hydrogen) atoms. The molecule has 0 spiro atoms. The zero-order chi connectivity index (χ0) is 14.4. The van der Waals surface area contributed by atoms with Crippen LogP contribution in [0.2, 0.25) is 5.15 Å². The first-order chi connectivity index (χ1) is 9.65. The second-order valence-corrected chi connectivity index (χ2v) is 5.42. The molecule has 2 N–H and O–H groups in total. The largest absolute Gasteiger partial charge is 0.384 e. The molecule has 6 nitrogen and oxygen atoms in total. The average Bonchev–Trinajstić information content (AvgIpc) is 2.43. The summed E-state index contributed by atoms with van der Waals surface area (Å²) in [6.45, 7) is 2.49. The lowest BCUT2D eigenvalue weighted by atomic mass is 10.4. The predicted molar refractivity (Wildman–Crippen MR) is 78.7 cm³/mol. The van der Waals surface area contributed by atoms with Crippen LogP contribution in [0.15, 0.2) is 23.4 Å². The molecule has 0 atom stereocenters. The van der Waals surface area contributed by atoms with Gasteiger partial charge in [0.2, 0.25) is 5.91 Å². The highest BCUT2D eigenvalue weighted by atomic mass is 35.5. The van der Waals surface area contributed by atoms with Crippen LogP contribution in [0.25, 0.3) is 0 Å². The Morgan fingerprint density at radius 2 is 2.25 bits per heavy atom. The molecule has 2 rings (SSSR count). The van der Waals surface area contributed by atoms with E-state index in [0.29, 0.717) is 48.2 Å². The Balaban J connectivity index is 1.79. The summed E-state index contributed by atoms with van der Waals surface area (Å²) in [5.41, 5.74) is 5.57. The lowest BCUT2D eigenvalue weighted by Gasteiger charge is -2.25. The molecular weight excluding hydrogens is 300 g/mol. The molecule has 1 aliphatic rings. The van der Waals surface area contributed by atoms with E-state index in [0.717, 1.165) is 0 Å². The Morgan fingerprint density at radius 3 is 2.95 bits per heavy atom. The number of amides is 1. The molecule has 0 bridgehead atoms. The van der Waals surface area contributed by atoms with Crippen LogP contribution in [0.1, 0.15) is 0 Å². The molecule has 0 saturated carbocycles. The van der Waals surface area contributed by atoms with E-state index in [2.05, 4.69) is 9.97 Å². The number of rotatable bonds is 4. The summed E-state index contributed by atoms with van der Waals surface area (Å²) in [4.78, 5) is 21.7. The van der Waals surface area contributed by atoms with Crippen molar-refractivity contribution in [1.29, 1.82) is 0 Å². The van der Waals surface area contributed by atoms with Gasteiger partial charge in [0.1, 0.15) is 11.0 Å². The van der Waals surface area contributed by atoms with Gasteiger partial charge in [-0.3, -0.25) is 4.79 Å². The molecule has 0 unspecified atom stereocenters. The van der Waals surface area contributed by atoms with E-state index in [4.69, 9.17) is 22.1 Å². The molecule has 1 aromatic rings. The summed E-state index contributed by atoms with van der Waals surface area (Å²) in [6, 6.07) is 1.49. The molecule has 8 heteroatoms. The maximum absolute atomic E-state index is 11.8. The van der Waals surface area contributed by atoms with Crippen LogP contribution in [0.3, 0.4) is 0 Å². The minimum atomic E-state index is 0.000395. The van der Waals surface area contributed by atoms with Gasteiger partial charge in [-0.05, 0) is 6.08 Å². The quantitative estimate of drug-likeness (QED) is 0.389. The number of morpholine rings is 1. The number of aromatic nitrogens is 2. The van der Waals surface area contributed by atoms with Crippen molar-refractivity contribution in [3.63, 3.8) is 0 Å². The molecule has 1 aromatic heterocycles. The van der Waals surface area contributed by atoms with Gasteiger partial charge in [-0.1, -0.05) is 29.4 Å². The molecule has 0 radical (unpaired) electrons. The van der Waals surface area contributed by atoms with E-state index < -0.39 is 0 Å². The number of halogens is 1. The summed E-state index contributed by atoms with van der Waals surface area (Å²) < 4.78 is 5.19. The number of carbonyl (C=O) groups excluding carboxylic acids is 1. The van der Waals surface area contributed by atoms with E-state index in [9.17, 15) is 4.79 Å². The Morgan fingerprint density at radius 1 is 1.50 bits per heavy atom. The zero-order valence-corrected chi connectivity index (χ0v) is 12.4. The van der Waals surface area contributed by atoms with Gasteiger partial charge in [-0.25, -0.2) is 9.97 Å². The summed E-state index contributed by atoms with van der Waals surface area (Å²) in [6.07, 6.45) is 3.34. The zero-order valence-electron chi connectivity index (χ0n) is 10.8. The smallest absolute Gasteiger partial charge is 0.246 e. The topological polar surface area (TPSA) is 81.3 Å². The van der Waals surface area contributed by atoms with Gasteiger partial charge < -0.3 is 15.4 Å². The fourth-order valence-electron chi connectivity index (χ4n) is 1.64. The summed E-state index contributed by atoms with van der Waals surface area (Å²) in [5, 5.41) is 0.812. The lowest BCUT2D eigenvalue weighted by molar-refractivity contribution is -0.129. The number of carbonyl (C=O) groups is 1. The number of ether oxygens (including phenoxy) is 1. The Kier molecular flexibility index (Phi) is 5.63. The molecule has 0 aromatic carbocycles. The molecule has 1 saturated heterocycles. The highest BCUT2D eigenvalue weighted by Crippen LogP contribution is 2.17. The fourth-order valence-corrected chi connectivity index (χ4v) is 2.55. The van der Waals surface area contributed by atoms with Crippen LogP contribution in [0, 0.1) is 0 Å². The van der Waals surface area contributed by atoms with E-state index in [-0.39, 0.29) is 5.91 Å². The maximum Gasteiger partial charge on any atom is 0.246 e. The SMILES string of the molecule is Nc1cc(Cl)nc(SC/C=C/C(=O)N2CCOCC2)n1. The summed E-state index contributed by atoms with van der Waals surface area (Å²) >= 11 is 7.15. The molecule has 2 heterocycles. The first-order valence-corrected chi connectivity index (χ1v) is 7.47. The third-order valence-electron chi connectivity index (χ3n) is 2.59. The monoisotopic (exact) mass is 314 g/mol. The Labute approximate surface area is 126 Å². The normalized spacial score (nSPS) is 15.8. The van der Waals surface area contributed by atoms with Crippen molar-refractivity contribution in [2.75, 3.05) is 37.8 Å². The predicted octanol–water partition coefficient (Wildman–Crippen LogP) is 1.22. The molecule has 1 amide bonds. The van der Waals surface area contributed by atoms with Gasteiger partial charge in [0, 0.05) is 24.9 Å². The second kappa shape index (κ2) is 7.47. The van der Waals surface area contributed by atoms with E-state index >= 15 is 0 Å². The van der Waals surface area contributed by atoms with Crippen LogP contribution in [-0.2, 0) is 9.53 Å². The lowest BCUT2D eigenvalue weighted by Crippen LogP contribution is -2.39. The Hall–Kier alpha value is -1.31. The first kappa shape index (κ1) is 15.1. The van der Waals surface area contributed by atoms with Gasteiger partial charge in [0.25, 0.3) is 0 Å². The molecule has 108 valence electrons. The number of hydrogen-bond acceptors (Lipinski definition) is 6. The number of nitrogen functional groups attached to an aromatic ring is 1. The molecule has 1 fully saturated rings. The van der Waals surface area contributed by atoms with E-state index in [1.54, 1.807) is 17.1 Å². The van der Waals surface area contributed by atoms with Crippen molar-refractivity contribution in [2.24, 2.45) is 0 Å². The molecular formula is C12H15ClN4O2S. The number of hydrogen-bond donors (Lipinski definition) is 1. The minimum Gasteiger partial charge on any atom is -0.384 e. The van der Waals surface area contributed by atoms with Crippen LogP contribution in [0.5, 0.6) is 0 Å². The third kappa shape index (κ3) is 4.66. The summed E-state index contributed by atoms with van der Waals surface area (Å²) in [7, 11) is 0. The van der Waals surface area contributed by atoms with Crippen molar-refractivity contribution in [1.82, 2.24) is 14.9 Å². The number of thioether (sulfide) groups is 1. The van der Waals surface area contributed by atoms with Crippen LogP contribution >= 0.6 is 23.4 Å². The highest BCUT2D eigenvalue weighted by Gasteiger charge is 2.13. The van der Waals surface area contributed by atoms with Crippen molar-refractivity contribution in [3.8, 4) is 0 Å². The van der Waals surface area contributed by atoms with Gasteiger partial charge in [0.05, 0.1) is 13.2 Å². The van der Waals surface area contributed by atoms with Gasteiger partial charge in [-0.2, -0.15) is 0 Å². The van der Waals surface area contributed by atoms with Crippen molar-refractivity contribution in [3.05, 3.63) is 23.4 Å². The average molecular weight is 315 g/mol. The van der Waals surface area contributed by atoms with Crippen LogP contribution < -0.4 is 5.73 Å². The van der Waals surface area contributed by atoms with Gasteiger partial charge in [-0.15, -0.1) is 0 Å². The van der Waals surface area contributed by atoms with Gasteiger partial charge in [0.15, 0.2) is 5.16 Å². The van der Waals surface area contributed by atoms with Crippen LogP contribution in [0.4, 0.5) is 5.82 Å². The highest BCUT2D eigenvalue weighted by molar-refractivity contribution is 7.99. The summed E-state index contributed by atoms with van der Waals surface area (Å²) in [5.74, 6) is 0.914. The number of anilines is 1. The molecule has 0 aliphatic carbocycles. The van der Waals surface area contributed by atoms with Crippen molar-refractivity contribution >= 4 is 35.1 Å². The van der Waals surface area contributed by atoms with E-state index in [1.807, 2.05) is 0 Å². The Bertz CT molecular complexity index is 486. The number of nitrogens with zero attached hydrogens (tertiary/aromatic N) is 3. The van der Waals surface area contributed by atoms with Crippen molar-refractivity contribution in [2.45, 2.75) is 5.16 Å². The van der Waals surface area contributed by atoms with Crippen LogP contribution in [-0.4, -0.2) is 52.8 Å². The van der Waals surface area contributed by atoms with Crippen molar-refractivity contribution < 1.29 is 9.53 Å². The maximum atomic E-state index is 11.8. The second-order valence-electron chi connectivity index (χ2n) is 4.05. The molecule has 1 aliphatic heterocycles. The van der Waals surface area contributed by atoms with E-state index in [1.165, 1.54) is 17.8 Å². The van der Waals surface area contributed by atoms with Gasteiger partial charge >= 0.3 is 0 Å². The standard InChI is InChI=1S/C12H15ClN4O2S/c13-9-8-10(14)16-12(15-9)20-7-1-2-11(18)17-3-5-19-6-4-17/h1-2,8H,3-7H2,(H2,14,15,16)/b2-1+.